The predicted molar refractivity (Wildman–Crippen MR) is 45.1 cm³/mol. The molecular formula is C6H14N2OS. The third kappa shape index (κ3) is 3.87. The van der Waals surface area contributed by atoms with Gasteiger partial charge in [0.25, 0.3) is 0 Å². The molecular weight excluding hydrogens is 148 g/mol. The van der Waals surface area contributed by atoms with E-state index < -0.39 is 0 Å². The summed E-state index contributed by atoms with van der Waals surface area (Å²) in [5, 5.41) is 2.74. The minimum Gasteiger partial charge on any atom is -0.330 e. The summed E-state index contributed by atoms with van der Waals surface area (Å²) >= 11 is 3.70. The van der Waals surface area contributed by atoms with Gasteiger partial charge in [-0.05, 0) is 26.4 Å². The first kappa shape index (κ1) is 9.94. The molecule has 1 atom stereocenters. The fourth-order valence-corrected chi connectivity index (χ4v) is 0.971. The molecule has 0 aliphatic rings. The summed E-state index contributed by atoms with van der Waals surface area (Å²) in [5.41, 5.74) is 5.27. The van der Waals surface area contributed by atoms with Crippen molar-refractivity contribution in [2.24, 2.45) is 5.73 Å². The summed E-state index contributed by atoms with van der Waals surface area (Å²) in [6, 6.07) is -0.133. The molecule has 3 N–H and O–H groups in total. The summed E-state index contributed by atoms with van der Waals surface area (Å²) < 4.78 is 0. The Bertz CT molecular complexity index is 108. The van der Waals surface area contributed by atoms with Crippen LogP contribution in [0.3, 0.4) is 0 Å². The van der Waals surface area contributed by atoms with E-state index >= 15 is 0 Å². The molecule has 60 valence electrons. The maximum Gasteiger partial charge on any atom is 0.202 e. The number of likely N-dealkylation sites (N-methyl/N-ethyl adjacent to an activating group) is 1. The molecule has 0 aliphatic carbocycles. The van der Waals surface area contributed by atoms with Crippen LogP contribution in [0, 0.1) is 0 Å². The largest absolute Gasteiger partial charge is 0.330 e. The van der Waals surface area contributed by atoms with Crippen LogP contribution in [0.5, 0.6) is 0 Å². The molecule has 0 saturated carbocycles. The number of nitrogens with one attached hydrogen (secondary N) is 1. The molecule has 0 heterocycles. The second-order valence-corrected chi connectivity index (χ2v) is 2.55. The maximum absolute atomic E-state index is 10.6. The van der Waals surface area contributed by atoms with Crippen molar-refractivity contribution in [2.45, 2.75) is 18.9 Å². The Morgan fingerprint density at radius 3 is 2.70 bits per heavy atom. The minimum absolute atomic E-state index is 0.115. The monoisotopic (exact) mass is 162 g/mol. The highest BCUT2D eigenvalue weighted by molar-refractivity contribution is 7.96. The van der Waals surface area contributed by atoms with E-state index in [2.05, 4.69) is 17.9 Å². The number of carbonyl (C=O) groups is 1. The predicted octanol–water partition coefficient (Wildman–Crippen LogP) is -0.230. The van der Waals surface area contributed by atoms with Crippen molar-refractivity contribution < 1.29 is 4.79 Å². The number of carbonyl (C=O) groups excluding carboxylic acids is 1. The van der Waals surface area contributed by atoms with E-state index in [1.54, 1.807) is 7.05 Å². The first-order valence-corrected chi connectivity index (χ1v) is 3.77. The average molecular weight is 162 g/mol. The quantitative estimate of drug-likeness (QED) is 0.489. The summed E-state index contributed by atoms with van der Waals surface area (Å²) in [6.45, 7) is 0.624. The van der Waals surface area contributed by atoms with Gasteiger partial charge in [0.15, 0.2) is 0 Å². The molecule has 0 spiro atoms. The zero-order chi connectivity index (χ0) is 7.98. The van der Waals surface area contributed by atoms with E-state index in [9.17, 15) is 4.79 Å². The molecule has 0 amide bonds. The topological polar surface area (TPSA) is 55.1 Å². The summed E-state index contributed by atoms with van der Waals surface area (Å²) in [7, 11) is 1.75. The molecule has 0 aromatic heterocycles. The third-order valence-electron chi connectivity index (χ3n) is 1.34. The zero-order valence-electron chi connectivity index (χ0n) is 6.13. The van der Waals surface area contributed by atoms with Crippen LogP contribution in [-0.2, 0) is 4.79 Å². The van der Waals surface area contributed by atoms with Crippen LogP contribution in [0.2, 0.25) is 0 Å². The van der Waals surface area contributed by atoms with Crippen molar-refractivity contribution >= 4 is 17.7 Å². The van der Waals surface area contributed by atoms with E-state index in [-0.39, 0.29) is 11.2 Å². The molecule has 0 rings (SSSR count). The van der Waals surface area contributed by atoms with Gasteiger partial charge in [-0.15, -0.1) is 12.6 Å². The summed E-state index contributed by atoms with van der Waals surface area (Å²) in [5.74, 6) is 0. The van der Waals surface area contributed by atoms with E-state index in [4.69, 9.17) is 5.73 Å². The van der Waals surface area contributed by atoms with Crippen molar-refractivity contribution in [1.29, 1.82) is 0 Å². The Morgan fingerprint density at radius 2 is 2.40 bits per heavy atom. The second kappa shape index (κ2) is 5.70. The van der Waals surface area contributed by atoms with Gasteiger partial charge in [-0.3, -0.25) is 4.79 Å². The fraction of sp³-hybridized carbons (Fsp3) is 0.833. The lowest BCUT2D eigenvalue weighted by molar-refractivity contribution is -0.112. The highest BCUT2D eigenvalue weighted by Crippen LogP contribution is 1.98. The van der Waals surface area contributed by atoms with Gasteiger partial charge in [0.2, 0.25) is 5.12 Å². The Hall–Kier alpha value is -0.0600. The first-order chi connectivity index (χ1) is 4.72. The molecule has 0 aromatic carbocycles. The van der Waals surface area contributed by atoms with Gasteiger partial charge in [-0.1, -0.05) is 0 Å². The number of hydrogen-bond donors (Lipinski definition) is 3. The van der Waals surface area contributed by atoms with E-state index in [0.29, 0.717) is 6.54 Å². The molecule has 0 unspecified atom stereocenters. The summed E-state index contributed by atoms with van der Waals surface area (Å²) in [6.07, 6.45) is 1.63. The molecule has 0 aliphatic heterocycles. The lowest BCUT2D eigenvalue weighted by Gasteiger charge is -2.09. The number of nitrogens with two attached hydrogens (primary N) is 1. The first-order valence-electron chi connectivity index (χ1n) is 3.32. The van der Waals surface area contributed by atoms with Gasteiger partial charge in [0, 0.05) is 0 Å². The van der Waals surface area contributed by atoms with Gasteiger partial charge in [0.1, 0.15) is 0 Å². The molecule has 0 radical (unpaired) electrons. The molecule has 0 saturated heterocycles. The van der Waals surface area contributed by atoms with Crippen molar-refractivity contribution in [3.8, 4) is 0 Å². The maximum atomic E-state index is 10.6. The van der Waals surface area contributed by atoms with E-state index in [1.807, 2.05) is 0 Å². The Kier molecular flexibility index (Phi) is 5.67. The fourth-order valence-electron chi connectivity index (χ4n) is 0.713. The summed E-state index contributed by atoms with van der Waals surface area (Å²) in [4.78, 5) is 10.6. The molecule has 10 heavy (non-hydrogen) atoms. The van der Waals surface area contributed by atoms with Crippen LogP contribution in [0.15, 0.2) is 0 Å². The zero-order valence-corrected chi connectivity index (χ0v) is 7.03. The standard InChI is InChI=1S/C6H14N2OS/c1-8-5(6(9)10)3-2-4-7/h5,8H,2-4,7H2,1H3,(H,9,10)/t5-/m0/s1. The number of rotatable bonds is 5. The van der Waals surface area contributed by atoms with Crippen LogP contribution in [0.4, 0.5) is 0 Å². The van der Waals surface area contributed by atoms with Crippen LogP contribution < -0.4 is 11.1 Å². The average Bonchev–Trinajstić information content (AvgIpc) is 1.89. The van der Waals surface area contributed by atoms with Crippen LogP contribution in [0.1, 0.15) is 12.8 Å². The number of thiol groups is 1. The smallest absolute Gasteiger partial charge is 0.202 e. The Balaban J connectivity index is 3.50. The second-order valence-electron chi connectivity index (χ2n) is 2.11. The molecule has 0 fully saturated rings. The normalized spacial score (nSPS) is 13.1. The van der Waals surface area contributed by atoms with Gasteiger partial charge >= 0.3 is 0 Å². The van der Waals surface area contributed by atoms with Crippen LogP contribution >= 0.6 is 12.6 Å². The Morgan fingerprint density at radius 1 is 1.80 bits per heavy atom. The van der Waals surface area contributed by atoms with Gasteiger partial charge in [-0.2, -0.15) is 0 Å². The molecule has 3 nitrogen and oxygen atoms in total. The van der Waals surface area contributed by atoms with Crippen molar-refractivity contribution in [3.05, 3.63) is 0 Å². The minimum atomic E-state index is -0.133. The van der Waals surface area contributed by atoms with Gasteiger partial charge in [-0.25, -0.2) is 0 Å². The highest BCUT2D eigenvalue weighted by Gasteiger charge is 2.10. The van der Waals surface area contributed by atoms with Gasteiger partial charge in [0.05, 0.1) is 6.04 Å². The van der Waals surface area contributed by atoms with Crippen molar-refractivity contribution in [2.75, 3.05) is 13.6 Å². The van der Waals surface area contributed by atoms with Crippen LogP contribution in [0.25, 0.3) is 0 Å². The lowest BCUT2D eigenvalue weighted by atomic mass is 10.2. The number of hydrogen-bond acceptors (Lipinski definition) is 3. The lowest BCUT2D eigenvalue weighted by Crippen LogP contribution is -2.31. The molecule has 0 bridgehead atoms. The molecule has 0 aromatic rings. The third-order valence-corrected chi connectivity index (χ3v) is 1.66. The Labute approximate surface area is 66.8 Å². The van der Waals surface area contributed by atoms with Crippen molar-refractivity contribution in [3.63, 3.8) is 0 Å². The SMILES string of the molecule is CN[C@@H](CCCN)C(=O)S. The molecule has 4 heteroatoms. The highest BCUT2D eigenvalue weighted by atomic mass is 32.1. The van der Waals surface area contributed by atoms with E-state index in [1.165, 1.54) is 0 Å². The van der Waals surface area contributed by atoms with E-state index in [0.717, 1.165) is 12.8 Å². The van der Waals surface area contributed by atoms with Crippen LogP contribution in [-0.4, -0.2) is 24.7 Å². The van der Waals surface area contributed by atoms with Crippen molar-refractivity contribution in [1.82, 2.24) is 5.32 Å². The van der Waals surface area contributed by atoms with Gasteiger partial charge < -0.3 is 11.1 Å².